The van der Waals surface area contributed by atoms with Gasteiger partial charge in [-0.25, -0.2) is 0 Å². The molecule has 322 valence electrons. The number of fused-ring (bicyclic) bond motifs is 12. The van der Waals surface area contributed by atoms with Crippen LogP contribution in [0.15, 0.2) is 218 Å². The van der Waals surface area contributed by atoms with Crippen LogP contribution in [0.25, 0.3) is 111 Å². The first-order chi connectivity index (χ1) is 33.2. The lowest BCUT2D eigenvalue weighted by atomic mass is 9.82. The lowest BCUT2D eigenvalue weighted by Crippen LogP contribution is -2.15. The van der Waals surface area contributed by atoms with E-state index in [4.69, 9.17) is 0 Å². The summed E-state index contributed by atoms with van der Waals surface area (Å²) >= 11 is 0. The summed E-state index contributed by atoms with van der Waals surface area (Å²) in [5, 5.41) is 5.10. The van der Waals surface area contributed by atoms with Crippen molar-refractivity contribution in [2.75, 3.05) is 0 Å². The zero-order chi connectivity index (χ0) is 45.5. The van der Waals surface area contributed by atoms with Gasteiger partial charge in [0.25, 0.3) is 0 Å². The molecule has 0 atom stereocenters. The quantitative estimate of drug-likeness (QED) is 0.163. The molecule has 2 nitrogen and oxygen atoms in total. The van der Waals surface area contributed by atoms with Crippen LogP contribution >= 0.6 is 0 Å². The highest BCUT2D eigenvalue weighted by atomic mass is 15.0. The third-order valence-corrected chi connectivity index (χ3v) is 15.7. The van der Waals surface area contributed by atoms with Crippen LogP contribution in [0, 0.1) is 0 Å². The molecule has 0 saturated heterocycles. The number of rotatable bonds is 5. The van der Waals surface area contributed by atoms with E-state index in [1.807, 2.05) is 0 Å². The molecule has 0 N–H and O–H groups in total. The Morgan fingerprint density at radius 2 is 0.588 bits per heavy atom. The van der Waals surface area contributed by atoms with E-state index in [0.717, 1.165) is 11.4 Å². The Kier molecular flexibility index (Phi) is 8.12. The van der Waals surface area contributed by atoms with Gasteiger partial charge in [-0.15, -0.1) is 0 Å². The maximum atomic E-state index is 2.48. The van der Waals surface area contributed by atoms with Gasteiger partial charge in [0.2, 0.25) is 0 Å². The summed E-state index contributed by atoms with van der Waals surface area (Å²) in [5.74, 6) is 0. The van der Waals surface area contributed by atoms with Crippen molar-refractivity contribution in [3.63, 3.8) is 0 Å². The smallest absolute Gasteiger partial charge is 0.0544 e. The second-order valence-electron chi connectivity index (χ2n) is 20.1. The fraction of sp³-hybridized carbons (Fsp3) is 0.0909. The topological polar surface area (TPSA) is 9.86 Å². The fourth-order valence-corrected chi connectivity index (χ4v) is 12.2. The van der Waals surface area contributed by atoms with Crippen molar-refractivity contribution in [3.05, 3.63) is 241 Å². The summed E-state index contributed by atoms with van der Waals surface area (Å²) in [6.45, 7) is 9.50. The number of aromatic nitrogens is 2. The van der Waals surface area contributed by atoms with Gasteiger partial charge in [0.05, 0.1) is 22.1 Å². The predicted octanol–water partition coefficient (Wildman–Crippen LogP) is 17.5. The standard InChI is InChI=1S/C66H48N2/c1-65(2)57-21-13-11-19-49(57)51-37-55-53-35-45(41-15-7-5-8-16-41)27-33-61(53)67(63(55)39-59(51)65)47-29-23-43(24-30-47)44-25-31-48(32-26-44)68-62-34-28-46(42-17-9-6-10-18-42)36-54(62)56-38-52-50-20-12-14-22-58(50)66(3,4)60(52)40-64(56)68/h5-40H,1-4H3. The molecule has 2 aromatic heterocycles. The molecule has 14 rings (SSSR count). The zero-order valence-electron chi connectivity index (χ0n) is 38.7. The lowest BCUT2D eigenvalue weighted by Gasteiger charge is -2.21. The molecule has 0 radical (unpaired) electrons. The van der Waals surface area contributed by atoms with Crippen LogP contribution < -0.4 is 0 Å². The highest BCUT2D eigenvalue weighted by molar-refractivity contribution is 6.14. The fourth-order valence-electron chi connectivity index (χ4n) is 12.2. The molecule has 2 heteroatoms. The van der Waals surface area contributed by atoms with E-state index in [9.17, 15) is 0 Å². The SMILES string of the molecule is CC1(C)c2ccccc2-c2cc3c4cc(-c5ccccc5)ccc4n(-c4ccc(-c5ccc(-n6c7ccc(-c8ccccc8)cc7c7cc8c(cc76)C(C)(C)c6ccccc6-8)cc5)cc4)c3cc21. The zero-order valence-corrected chi connectivity index (χ0v) is 38.7. The number of nitrogens with zero attached hydrogens (tertiary/aromatic N) is 2. The summed E-state index contributed by atoms with van der Waals surface area (Å²) in [6, 6.07) is 81.7. The van der Waals surface area contributed by atoms with Gasteiger partial charge in [-0.2, -0.15) is 0 Å². The molecule has 2 aliphatic rings. The molecule has 0 spiro atoms. The van der Waals surface area contributed by atoms with Crippen LogP contribution in [0.4, 0.5) is 0 Å². The summed E-state index contributed by atoms with van der Waals surface area (Å²) in [4.78, 5) is 0. The molecule has 0 saturated carbocycles. The normalized spacial score (nSPS) is 14.1. The van der Waals surface area contributed by atoms with Crippen LogP contribution in [0.2, 0.25) is 0 Å². The summed E-state index contributed by atoms with van der Waals surface area (Å²) in [5.41, 5.74) is 25.3. The molecule has 0 aliphatic heterocycles. The highest BCUT2D eigenvalue weighted by Crippen LogP contribution is 2.53. The largest absolute Gasteiger partial charge is 0.309 e. The minimum atomic E-state index is -0.0978. The van der Waals surface area contributed by atoms with Crippen LogP contribution in [-0.4, -0.2) is 9.13 Å². The Balaban J connectivity index is 0.882. The van der Waals surface area contributed by atoms with E-state index in [1.54, 1.807) is 0 Å². The van der Waals surface area contributed by atoms with Crippen molar-refractivity contribution in [2.24, 2.45) is 0 Å². The molecule has 0 bridgehead atoms. The Bertz CT molecular complexity index is 3760. The van der Waals surface area contributed by atoms with Crippen molar-refractivity contribution >= 4 is 43.6 Å². The lowest BCUT2D eigenvalue weighted by molar-refractivity contribution is 0.661. The number of hydrogen-bond donors (Lipinski definition) is 0. The molecule has 0 amide bonds. The maximum absolute atomic E-state index is 2.48. The van der Waals surface area contributed by atoms with Gasteiger partial charge in [0.1, 0.15) is 0 Å². The predicted molar refractivity (Wildman–Crippen MR) is 287 cm³/mol. The van der Waals surface area contributed by atoms with E-state index >= 15 is 0 Å². The Labute approximate surface area is 397 Å². The maximum Gasteiger partial charge on any atom is 0.0544 e. The van der Waals surface area contributed by atoms with E-state index in [0.29, 0.717) is 0 Å². The monoisotopic (exact) mass is 868 g/mol. The Morgan fingerprint density at radius 3 is 1.00 bits per heavy atom. The molecule has 0 fully saturated rings. The van der Waals surface area contributed by atoms with Gasteiger partial charge in [-0.3, -0.25) is 0 Å². The van der Waals surface area contributed by atoms with Crippen molar-refractivity contribution in [1.29, 1.82) is 0 Å². The second kappa shape index (κ2) is 14.2. The summed E-state index contributed by atoms with van der Waals surface area (Å²) in [7, 11) is 0. The van der Waals surface area contributed by atoms with Gasteiger partial charge in [-0.05, 0) is 151 Å². The van der Waals surface area contributed by atoms with Gasteiger partial charge in [0.15, 0.2) is 0 Å². The van der Waals surface area contributed by atoms with Crippen LogP contribution in [0.1, 0.15) is 49.9 Å². The van der Waals surface area contributed by atoms with Crippen molar-refractivity contribution < 1.29 is 0 Å². The van der Waals surface area contributed by atoms with E-state index in [-0.39, 0.29) is 10.8 Å². The van der Waals surface area contributed by atoms with Gasteiger partial charge >= 0.3 is 0 Å². The average molecular weight is 869 g/mol. The van der Waals surface area contributed by atoms with Crippen LogP contribution in [0.3, 0.4) is 0 Å². The molecule has 2 aliphatic carbocycles. The first kappa shape index (κ1) is 39.0. The minimum absolute atomic E-state index is 0.0978. The van der Waals surface area contributed by atoms with Crippen molar-refractivity contribution in [1.82, 2.24) is 9.13 Å². The van der Waals surface area contributed by atoms with E-state index < -0.39 is 0 Å². The third-order valence-electron chi connectivity index (χ3n) is 15.7. The van der Waals surface area contributed by atoms with Crippen molar-refractivity contribution in [2.45, 2.75) is 38.5 Å². The Hall–Kier alpha value is -8.20. The average Bonchev–Trinajstić information content (AvgIpc) is 4.03. The molecule has 68 heavy (non-hydrogen) atoms. The first-order valence-electron chi connectivity index (χ1n) is 24.0. The summed E-state index contributed by atoms with van der Waals surface area (Å²) < 4.78 is 4.96. The first-order valence-corrected chi connectivity index (χ1v) is 24.0. The van der Waals surface area contributed by atoms with Gasteiger partial charge in [0, 0.05) is 43.7 Å². The van der Waals surface area contributed by atoms with E-state index in [2.05, 4.69) is 255 Å². The highest BCUT2D eigenvalue weighted by Gasteiger charge is 2.37. The van der Waals surface area contributed by atoms with Crippen LogP contribution in [-0.2, 0) is 10.8 Å². The molecule has 0 unspecified atom stereocenters. The summed E-state index contributed by atoms with van der Waals surface area (Å²) in [6.07, 6.45) is 0. The Morgan fingerprint density at radius 1 is 0.250 bits per heavy atom. The number of hydrogen-bond acceptors (Lipinski definition) is 0. The molecule has 12 aromatic rings. The van der Waals surface area contributed by atoms with Gasteiger partial charge in [-0.1, -0.05) is 173 Å². The van der Waals surface area contributed by atoms with Crippen molar-refractivity contribution in [3.8, 4) is 67.0 Å². The molecule has 2 heterocycles. The minimum Gasteiger partial charge on any atom is -0.309 e. The number of benzene rings is 10. The second-order valence-corrected chi connectivity index (χ2v) is 20.1. The van der Waals surface area contributed by atoms with Crippen LogP contribution in [0.5, 0.6) is 0 Å². The molecule has 10 aromatic carbocycles. The van der Waals surface area contributed by atoms with Gasteiger partial charge < -0.3 is 9.13 Å². The molecular weight excluding hydrogens is 821 g/mol. The van der Waals surface area contributed by atoms with E-state index in [1.165, 1.54) is 122 Å². The molecular formula is C66H48N2. The third kappa shape index (κ3) is 5.52.